The molecule has 1 heterocycles. The fourth-order valence-corrected chi connectivity index (χ4v) is 1.86. The molecule has 1 aromatic heterocycles. The highest BCUT2D eigenvalue weighted by Crippen LogP contribution is 2.12. The van der Waals surface area contributed by atoms with Crippen LogP contribution < -0.4 is 16.3 Å². The van der Waals surface area contributed by atoms with Gasteiger partial charge in [-0.1, -0.05) is 24.4 Å². The van der Waals surface area contributed by atoms with Gasteiger partial charge in [-0.05, 0) is 18.6 Å². The highest BCUT2D eigenvalue weighted by atomic mass is 32.1. The topological polar surface area (TPSA) is 74.0 Å². The monoisotopic (exact) mass is 293 g/mol. The van der Waals surface area contributed by atoms with Crippen LogP contribution in [0.25, 0.3) is 10.9 Å². The smallest absolute Gasteiger partial charge is 0.275 e. The van der Waals surface area contributed by atoms with Gasteiger partial charge in [0.25, 0.3) is 5.91 Å². The molecule has 19 heavy (non-hydrogen) atoms. The minimum atomic E-state index is -0.568. The summed E-state index contributed by atoms with van der Waals surface area (Å²) in [5.41, 5.74) is 6.01. The SMILES string of the molecule is Cc1cccc2c(=O)c(C(=O)NNC(=S)S)c[nH]c12. The van der Waals surface area contributed by atoms with Crippen molar-refractivity contribution in [1.29, 1.82) is 0 Å². The van der Waals surface area contributed by atoms with Crippen LogP contribution in [0.4, 0.5) is 0 Å². The quantitative estimate of drug-likeness (QED) is 0.363. The molecule has 2 aromatic rings. The number of pyridine rings is 1. The van der Waals surface area contributed by atoms with E-state index in [4.69, 9.17) is 0 Å². The number of carbonyl (C=O) groups is 1. The van der Waals surface area contributed by atoms with Gasteiger partial charge in [0.2, 0.25) is 5.43 Å². The number of amides is 1. The Labute approximate surface area is 119 Å². The van der Waals surface area contributed by atoms with Gasteiger partial charge in [0, 0.05) is 11.6 Å². The summed E-state index contributed by atoms with van der Waals surface area (Å²) in [4.78, 5) is 27.0. The van der Waals surface area contributed by atoms with Gasteiger partial charge in [-0.15, -0.1) is 12.6 Å². The summed E-state index contributed by atoms with van der Waals surface area (Å²) in [6, 6.07) is 5.34. The van der Waals surface area contributed by atoms with Gasteiger partial charge in [0.1, 0.15) is 9.88 Å². The van der Waals surface area contributed by atoms with E-state index in [0.29, 0.717) is 5.39 Å². The van der Waals surface area contributed by atoms with Crippen LogP contribution in [0.1, 0.15) is 15.9 Å². The van der Waals surface area contributed by atoms with Crippen LogP contribution in [0.2, 0.25) is 0 Å². The number of nitrogens with one attached hydrogen (secondary N) is 3. The molecule has 0 bridgehead atoms. The number of thiocarbonyl (C=S) groups is 1. The Morgan fingerprint density at radius 3 is 2.79 bits per heavy atom. The maximum Gasteiger partial charge on any atom is 0.275 e. The summed E-state index contributed by atoms with van der Waals surface area (Å²) in [5.74, 6) is -0.568. The van der Waals surface area contributed by atoms with Gasteiger partial charge in [-0.3, -0.25) is 20.4 Å². The second-order valence-electron chi connectivity index (χ2n) is 3.91. The van der Waals surface area contributed by atoms with Crippen molar-refractivity contribution >= 4 is 46.0 Å². The molecule has 1 aromatic carbocycles. The van der Waals surface area contributed by atoms with Gasteiger partial charge in [-0.25, -0.2) is 0 Å². The van der Waals surface area contributed by atoms with Crippen LogP contribution in [0.5, 0.6) is 0 Å². The minimum Gasteiger partial charge on any atom is -0.360 e. The third-order valence-electron chi connectivity index (χ3n) is 2.65. The average molecular weight is 293 g/mol. The zero-order valence-corrected chi connectivity index (χ0v) is 11.7. The first-order chi connectivity index (χ1) is 9.00. The van der Waals surface area contributed by atoms with Crippen molar-refractivity contribution in [1.82, 2.24) is 15.8 Å². The van der Waals surface area contributed by atoms with E-state index in [2.05, 4.69) is 40.7 Å². The van der Waals surface area contributed by atoms with E-state index in [-0.39, 0.29) is 15.3 Å². The molecule has 5 nitrogen and oxygen atoms in total. The van der Waals surface area contributed by atoms with E-state index < -0.39 is 5.91 Å². The van der Waals surface area contributed by atoms with Crippen molar-refractivity contribution in [2.45, 2.75) is 6.92 Å². The van der Waals surface area contributed by atoms with Crippen LogP contribution in [0.3, 0.4) is 0 Å². The first-order valence-electron chi connectivity index (χ1n) is 5.41. The van der Waals surface area contributed by atoms with Crippen molar-refractivity contribution in [3.05, 3.63) is 45.7 Å². The number of hydrogen-bond donors (Lipinski definition) is 4. The largest absolute Gasteiger partial charge is 0.360 e. The van der Waals surface area contributed by atoms with Crippen molar-refractivity contribution in [3.63, 3.8) is 0 Å². The molecule has 0 fully saturated rings. The Kier molecular flexibility index (Phi) is 3.87. The first-order valence-corrected chi connectivity index (χ1v) is 6.26. The van der Waals surface area contributed by atoms with Crippen LogP contribution >= 0.6 is 24.8 Å². The average Bonchev–Trinajstić information content (AvgIpc) is 2.37. The van der Waals surface area contributed by atoms with Crippen LogP contribution in [-0.2, 0) is 0 Å². The number of hydrazine groups is 1. The standard InChI is InChI=1S/C12H11N3O2S2/c1-6-3-2-4-7-9(6)13-5-8(10(7)16)11(17)14-15-12(18)19/h2-5H,1H3,(H,13,16)(H,14,17)(H2,15,18,19). The van der Waals surface area contributed by atoms with Gasteiger partial charge in [-0.2, -0.15) is 0 Å². The van der Waals surface area contributed by atoms with E-state index in [9.17, 15) is 9.59 Å². The molecular formula is C12H11N3O2S2. The minimum absolute atomic E-state index is 0.00943. The number of fused-ring (bicyclic) bond motifs is 1. The fourth-order valence-electron chi connectivity index (χ4n) is 1.75. The van der Waals surface area contributed by atoms with E-state index >= 15 is 0 Å². The highest BCUT2D eigenvalue weighted by molar-refractivity contribution is 8.11. The number of aromatic nitrogens is 1. The van der Waals surface area contributed by atoms with Gasteiger partial charge < -0.3 is 4.98 Å². The Bertz CT molecular complexity index is 724. The van der Waals surface area contributed by atoms with Crippen LogP contribution in [0, 0.1) is 6.92 Å². The third kappa shape index (κ3) is 2.77. The van der Waals surface area contributed by atoms with E-state index in [1.807, 2.05) is 13.0 Å². The van der Waals surface area contributed by atoms with Crippen molar-refractivity contribution < 1.29 is 4.79 Å². The second kappa shape index (κ2) is 5.41. The molecule has 0 radical (unpaired) electrons. The number of H-pyrrole nitrogens is 1. The lowest BCUT2D eigenvalue weighted by Gasteiger charge is -2.07. The molecule has 0 saturated heterocycles. The number of aryl methyl sites for hydroxylation is 1. The first kappa shape index (κ1) is 13.6. The lowest BCUT2D eigenvalue weighted by atomic mass is 10.1. The zero-order chi connectivity index (χ0) is 14.0. The molecule has 0 atom stereocenters. The van der Waals surface area contributed by atoms with Gasteiger partial charge in [0.05, 0.1) is 5.52 Å². The molecule has 0 aliphatic carbocycles. The number of benzene rings is 1. The summed E-state index contributed by atoms with van der Waals surface area (Å²) < 4.78 is 0.112. The molecule has 0 saturated carbocycles. The molecule has 2 rings (SSSR count). The molecule has 0 aliphatic rings. The van der Waals surface area contributed by atoms with E-state index in [1.165, 1.54) is 6.20 Å². The second-order valence-corrected chi connectivity index (χ2v) is 5.07. The summed E-state index contributed by atoms with van der Waals surface area (Å²) in [6.45, 7) is 1.89. The molecule has 0 spiro atoms. The fraction of sp³-hybridized carbons (Fsp3) is 0.0833. The number of thiol groups is 1. The van der Waals surface area contributed by atoms with Crippen molar-refractivity contribution in [2.24, 2.45) is 0 Å². The molecule has 1 amide bonds. The summed E-state index contributed by atoms with van der Waals surface area (Å²) >= 11 is 8.45. The summed E-state index contributed by atoms with van der Waals surface area (Å²) in [6.07, 6.45) is 1.39. The summed E-state index contributed by atoms with van der Waals surface area (Å²) in [7, 11) is 0. The molecule has 3 N–H and O–H groups in total. The van der Waals surface area contributed by atoms with Crippen LogP contribution in [0.15, 0.2) is 29.2 Å². The maximum atomic E-state index is 12.2. The lowest BCUT2D eigenvalue weighted by molar-refractivity contribution is 0.0943. The predicted molar refractivity (Wildman–Crippen MR) is 81.5 cm³/mol. The maximum absolute atomic E-state index is 12.2. The van der Waals surface area contributed by atoms with E-state index in [1.54, 1.807) is 12.1 Å². The molecule has 98 valence electrons. The number of aromatic amines is 1. The number of para-hydroxylation sites is 1. The van der Waals surface area contributed by atoms with Gasteiger partial charge in [0.15, 0.2) is 0 Å². The van der Waals surface area contributed by atoms with Gasteiger partial charge >= 0.3 is 0 Å². The Balaban J connectivity index is 2.46. The normalized spacial score (nSPS) is 10.2. The van der Waals surface area contributed by atoms with Crippen molar-refractivity contribution in [3.8, 4) is 0 Å². The van der Waals surface area contributed by atoms with Crippen LogP contribution in [-0.4, -0.2) is 15.2 Å². The highest BCUT2D eigenvalue weighted by Gasteiger charge is 2.13. The number of carbonyl (C=O) groups excluding carboxylic acids is 1. The third-order valence-corrected chi connectivity index (χ3v) is 2.86. The molecular weight excluding hydrogens is 282 g/mol. The lowest BCUT2D eigenvalue weighted by Crippen LogP contribution is -2.40. The molecule has 7 heteroatoms. The Morgan fingerprint density at radius 2 is 2.11 bits per heavy atom. The summed E-state index contributed by atoms with van der Waals surface area (Å²) in [5, 5.41) is 0.473. The molecule has 0 aliphatic heterocycles. The number of hydrogen-bond acceptors (Lipinski definition) is 3. The molecule has 0 unspecified atom stereocenters. The Hall–Kier alpha value is -1.86. The number of rotatable bonds is 1. The van der Waals surface area contributed by atoms with Crippen molar-refractivity contribution in [2.75, 3.05) is 0 Å². The van der Waals surface area contributed by atoms with E-state index in [0.717, 1.165) is 11.1 Å². The predicted octanol–water partition coefficient (Wildman–Crippen LogP) is 1.29. The zero-order valence-electron chi connectivity index (χ0n) is 9.98. The Morgan fingerprint density at radius 1 is 1.37 bits per heavy atom.